The number of aryl methyl sites for hydroxylation is 2. The Morgan fingerprint density at radius 1 is 0.800 bits per heavy atom. The van der Waals surface area contributed by atoms with Crippen molar-refractivity contribution in [2.45, 2.75) is 57.0 Å². The van der Waals surface area contributed by atoms with Crippen LogP contribution in [-0.2, 0) is 30.7 Å². The van der Waals surface area contributed by atoms with Gasteiger partial charge in [0, 0.05) is 0 Å². The number of halogens is 2. The summed E-state index contributed by atoms with van der Waals surface area (Å²) in [4.78, 5) is 0. The van der Waals surface area contributed by atoms with Crippen LogP contribution in [0.15, 0.2) is 84.4 Å². The third-order valence-corrected chi connectivity index (χ3v) is 23.1. The van der Waals surface area contributed by atoms with Crippen molar-refractivity contribution < 1.29 is 17.9 Å². The summed E-state index contributed by atoms with van der Waals surface area (Å²) >= 11 is -3.99. The molecule has 0 amide bonds. The number of hydrogen-bond donors (Lipinski definition) is 0. The minimum absolute atomic E-state index is 0.127. The van der Waals surface area contributed by atoms with Crippen molar-refractivity contribution in [3.05, 3.63) is 107 Å². The fraction of sp³-hybridized carbons (Fsp3) is 0.278. The summed E-state index contributed by atoms with van der Waals surface area (Å²) in [7, 11) is 15.2. The molecule has 2 aliphatic rings. The molecule has 1 aliphatic carbocycles. The number of allylic oxidation sites excluding steroid dienone is 1. The summed E-state index contributed by atoms with van der Waals surface area (Å²) in [5.41, 5.74) is 12.6. The van der Waals surface area contributed by atoms with Crippen molar-refractivity contribution in [1.29, 1.82) is 0 Å². The van der Waals surface area contributed by atoms with Crippen LogP contribution >= 0.6 is 17.0 Å². The van der Waals surface area contributed by atoms with Crippen LogP contribution in [0.25, 0.3) is 28.3 Å². The van der Waals surface area contributed by atoms with Crippen LogP contribution in [-0.4, -0.2) is 9.52 Å². The van der Waals surface area contributed by atoms with Gasteiger partial charge in [-0.1, -0.05) is 0 Å². The molecule has 4 aromatic rings. The van der Waals surface area contributed by atoms with E-state index in [0.717, 1.165) is 25.7 Å². The van der Waals surface area contributed by atoms with E-state index in [0.29, 0.717) is 5.92 Å². The molecular formula is C36H38Cl2SiZr. The molecule has 1 atom stereocenters. The zero-order chi connectivity index (χ0) is 28.0. The third-order valence-electron chi connectivity index (χ3n) is 8.78. The van der Waals surface area contributed by atoms with Crippen molar-refractivity contribution in [3.63, 3.8) is 0 Å². The maximum absolute atomic E-state index is 7.92. The zero-order valence-corrected chi connectivity index (χ0v) is 29.4. The molecule has 1 unspecified atom stereocenters. The van der Waals surface area contributed by atoms with Gasteiger partial charge in [-0.15, -0.1) is 0 Å². The summed E-state index contributed by atoms with van der Waals surface area (Å²) in [5.74, 6) is 0.542. The van der Waals surface area contributed by atoms with Crippen LogP contribution < -0.4 is 13.6 Å². The van der Waals surface area contributed by atoms with Crippen molar-refractivity contribution >= 4 is 46.3 Å². The number of hydrogen-bond acceptors (Lipinski definition) is 0. The average molecular weight is 661 g/mol. The normalized spacial score (nSPS) is 16.3. The van der Waals surface area contributed by atoms with Gasteiger partial charge in [-0.3, -0.25) is 0 Å². The Morgan fingerprint density at radius 3 is 2.27 bits per heavy atom. The molecule has 4 heteroatoms. The second-order valence-corrected chi connectivity index (χ2v) is 27.7. The molecular weight excluding hydrogens is 623 g/mol. The number of rotatable bonds is 8. The summed E-state index contributed by atoms with van der Waals surface area (Å²) in [6, 6.07) is 29.5. The minimum atomic E-state index is -3.99. The van der Waals surface area contributed by atoms with Gasteiger partial charge in [0.2, 0.25) is 0 Å². The van der Waals surface area contributed by atoms with E-state index in [-0.39, 0.29) is 3.63 Å². The number of fused-ring (bicyclic) bond motifs is 4. The molecule has 0 N–H and O–H groups in total. The molecule has 0 nitrogen and oxygen atoms in total. The fourth-order valence-electron chi connectivity index (χ4n) is 7.13. The summed E-state index contributed by atoms with van der Waals surface area (Å²) in [6.07, 6.45) is 6.76. The first-order chi connectivity index (χ1) is 19.3. The van der Waals surface area contributed by atoms with E-state index >= 15 is 0 Å². The van der Waals surface area contributed by atoms with Crippen molar-refractivity contribution in [1.82, 2.24) is 0 Å². The van der Waals surface area contributed by atoms with Gasteiger partial charge < -0.3 is 0 Å². The Kier molecular flexibility index (Phi) is 8.19. The van der Waals surface area contributed by atoms with Gasteiger partial charge in [-0.2, -0.15) is 0 Å². The Hall–Kier alpha value is -1.70. The van der Waals surface area contributed by atoms with Crippen LogP contribution in [0.3, 0.4) is 0 Å². The van der Waals surface area contributed by atoms with E-state index in [1.54, 1.807) is 0 Å². The van der Waals surface area contributed by atoms with Crippen molar-refractivity contribution in [2.24, 2.45) is 5.92 Å². The maximum atomic E-state index is 7.92. The van der Waals surface area contributed by atoms with Gasteiger partial charge >= 0.3 is 256 Å². The van der Waals surface area contributed by atoms with E-state index in [4.69, 9.17) is 17.0 Å². The summed E-state index contributed by atoms with van der Waals surface area (Å²) < 4.78 is 1.45. The Balaban J connectivity index is 1.56. The molecule has 0 radical (unpaired) electrons. The molecule has 0 saturated heterocycles. The Labute approximate surface area is 254 Å². The zero-order valence-electron chi connectivity index (χ0n) is 24.0. The topological polar surface area (TPSA) is 0 Å². The van der Waals surface area contributed by atoms with Crippen molar-refractivity contribution in [3.8, 4) is 22.3 Å². The third kappa shape index (κ3) is 4.88. The molecule has 1 aliphatic heterocycles. The summed E-state index contributed by atoms with van der Waals surface area (Å²) in [5, 5.41) is 3.02. The number of benzene rings is 4. The molecule has 204 valence electrons. The van der Waals surface area contributed by atoms with Crippen LogP contribution in [0.2, 0.25) is 0 Å². The van der Waals surface area contributed by atoms with E-state index in [2.05, 4.69) is 113 Å². The van der Waals surface area contributed by atoms with E-state index < -0.39 is 27.4 Å². The van der Waals surface area contributed by atoms with Gasteiger partial charge in [0.15, 0.2) is 0 Å². The molecule has 0 aromatic heterocycles. The first-order valence-electron chi connectivity index (χ1n) is 14.9. The first kappa shape index (κ1) is 28.4. The SMILES string of the molecule is CCCc1ccc2c(c1-c1ccccc1CC)C=C(CC(C)C)[CH]2[Zr]([Cl])([Cl])[c]1cccc2c1[SiH2]c1ccccc1-2. The second-order valence-electron chi connectivity index (χ2n) is 11.9. The average Bonchev–Trinajstić information content (AvgIpc) is 3.51. The van der Waals surface area contributed by atoms with E-state index in [1.807, 2.05) is 0 Å². The molecule has 1 heterocycles. The monoisotopic (exact) mass is 658 g/mol. The van der Waals surface area contributed by atoms with Gasteiger partial charge in [-0.25, -0.2) is 0 Å². The van der Waals surface area contributed by atoms with Crippen LogP contribution in [0.5, 0.6) is 0 Å². The summed E-state index contributed by atoms with van der Waals surface area (Å²) in [6.45, 7) is 9.18. The molecule has 6 rings (SSSR count). The molecule has 40 heavy (non-hydrogen) atoms. The molecule has 0 spiro atoms. The van der Waals surface area contributed by atoms with Crippen molar-refractivity contribution in [2.75, 3.05) is 0 Å². The Morgan fingerprint density at radius 2 is 1.52 bits per heavy atom. The predicted octanol–water partition coefficient (Wildman–Crippen LogP) is 8.24. The quantitative estimate of drug-likeness (QED) is 0.147. The van der Waals surface area contributed by atoms with E-state index in [1.165, 1.54) is 63.7 Å². The fourth-order valence-corrected chi connectivity index (χ4v) is 23.9. The first-order valence-corrected chi connectivity index (χ1v) is 25.3. The molecule has 4 aromatic carbocycles. The van der Waals surface area contributed by atoms with E-state index in [9.17, 15) is 0 Å². The standard InChI is InChI=1S/C24H29.C12H9Si.2ClH.Zr/c1-5-9-20-12-13-21-15-18(14-17(3)4)16-23(21)24(20)22-11-8-7-10-19(22)6-2;1-3-7-11-9(5-1)10-6-2-4-8-12(10)13-11;;;/h7-8,10-13,15-17H,5-6,9,14H2,1-4H3;1-7H,13H2;2*1H;/q;;;;+2/p-2. The van der Waals surface area contributed by atoms with Gasteiger partial charge in [-0.05, 0) is 0 Å². The molecule has 0 bridgehead atoms. The molecule has 0 fully saturated rings. The van der Waals surface area contributed by atoms with Gasteiger partial charge in [0.05, 0.1) is 0 Å². The van der Waals surface area contributed by atoms with Crippen LogP contribution in [0.4, 0.5) is 0 Å². The van der Waals surface area contributed by atoms with Crippen LogP contribution in [0, 0.1) is 5.92 Å². The van der Waals surface area contributed by atoms with Gasteiger partial charge in [0.25, 0.3) is 0 Å². The van der Waals surface area contributed by atoms with Gasteiger partial charge in [0.1, 0.15) is 0 Å². The van der Waals surface area contributed by atoms with Crippen LogP contribution in [0.1, 0.15) is 66.4 Å². The molecule has 0 saturated carbocycles. The second kappa shape index (κ2) is 11.5. The Bertz CT molecular complexity index is 1620. The predicted molar refractivity (Wildman–Crippen MR) is 176 cm³/mol.